The molecule has 1 aliphatic carbocycles. The molecule has 0 amide bonds. The lowest BCUT2D eigenvalue weighted by molar-refractivity contribution is 0.453. The first-order valence-electron chi connectivity index (χ1n) is 11.1. The van der Waals surface area contributed by atoms with E-state index in [9.17, 15) is 0 Å². The molecular formula is C25H28ClN3O. The largest absolute Gasteiger partial charge is 0.457 e. The van der Waals surface area contributed by atoms with Crippen LogP contribution >= 0.6 is 11.6 Å². The maximum atomic E-state index is 5.96. The minimum Gasteiger partial charge on any atom is -0.457 e. The number of rotatable bonds is 5. The molecule has 1 aliphatic heterocycles. The second kappa shape index (κ2) is 8.83. The van der Waals surface area contributed by atoms with Crippen LogP contribution in [0.3, 0.4) is 0 Å². The number of hydrogen-bond donors (Lipinski definition) is 1. The number of ether oxygens (including phenoxy) is 1. The molecule has 5 rings (SSSR count). The van der Waals surface area contributed by atoms with Gasteiger partial charge in [-0.2, -0.15) is 0 Å². The summed E-state index contributed by atoms with van der Waals surface area (Å²) in [6, 6.07) is 15.8. The summed E-state index contributed by atoms with van der Waals surface area (Å²) >= 11 is 5.96. The average Bonchev–Trinajstić information content (AvgIpc) is 3.47. The third-order valence-electron chi connectivity index (χ3n) is 6.39. The molecule has 5 heteroatoms. The summed E-state index contributed by atoms with van der Waals surface area (Å²) in [4.78, 5) is 5.18. The van der Waals surface area contributed by atoms with Gasteiger partial charge in [-0.3, -0.25) is 0 Å². The van der Waals surface area contributed by atoms with Crippen LogP contribution in [0, 0.1) is 0 Å². The van der Waals surface area contributed by atoms with E-state index in [1.165, 1.54) is 50.0 Å². The fourth-order valence-electron chi connectivity index (χ4n) is 4.72. The molecule has 0 spiro atoms. The van der Waals surface area contributed by atoms with Crippen molar-refractivity contribution in [2.24, 2.45) is 0 Å². The molecule has 0 atom stereocenters. The van der Waals surface area contributed by atoms with Gasteiger partial charge in [0.25, 0.3) is 0 Å². The molecule has 30 heavy (non-hydrogen) atoms. The van der Waals surface area contributed by atoms with Gasteiger partial charge in [-0.1, -0.05) is 24.4 Å². The first kappa shape index (κ1) is 19.7. The van der Waals surface area contributed by atoms with Crippen LogP contribution in [0.5, 0.6) is 11.5 Å². The maximum absolute atomic E-state index is 5.96. The van der Waals surface area contributed by atoms with Gasteiger partial charge >= 0.3 is 0 Å². The standard InChI is InChI=1S/C25H28ClN3O/c26-20-5-9-22(10-6-20)30-23-11-7-21(8-12-23)29-17-24(18-13-15-27-16-14-18)28-25(29)19-3-1-2-4-19/h5-12,17-19,27H,1-4,13-16H2. The summed E-state index contributed by atoms with van der Waals surface area (Å²) in [7, 11) is 0. The van der Waals surface area contributed by atoms with E-state index in [0.717, 1.165) is 30.3 Å². The van der Waals surface area contributed by atoms with Crippen molar-refractivity contribution < 1.29 is 4.74 Å². The fraction of sp³-hybridized carbons (Fsp3) is 0.400. The normalized spacial score (nSPS) is 18.0. The van der Waals surface area contributed by atoms with Gasteiger partial charge in [-0.15, -0.1) is 0 Å². The van der Waals surface area contributed by atoms with Gasteiger partial charge in [-0.25, -0.2) is 4.98 Å². The molecule has 1 N–H and O–H groups in total. The summed E-state index contributed by atoms with van der Waals surface area (Å²) in [5, 5.41) is 4.18. The van der Waals surface area contributed by atoms with E-state index in [4.69, 9.17) is 21.3 Å². The number of benzene rings is 2. The van der Waals surface area contributed by atoms with Crippen LogP contribution < -0.4 is 10.1 Å². The Hall–Kier alpha value is -2.30. The Morgan fingerprint density at radius 2 is 1.47 bits per heavy atom. The van der Waals surface area contributed by atoms with Crippen molar-refractivity contribution in [1.82, 2.24) is 14.9 Å². The van der Waals surface area contributed by atoms with Gasteiger partial charge in [0.05, 0.1) is 5.69 Å². The first-order chi connectivity index (χ1) is 14.8. The Morgan fingerprint density at radius 3 is 2.13 bits per heavy atom. The van der Waals surface area contributed by atoms with Crippen molar-refractivity contribution in [2.45, 2.75) is 50.4 Å². The van der Waals surface area contributed by atoms with E-state index in [0.29, 0.717) is 16.9 Å². The van der Waals surface area contributed by atoms with Crippen molar-refractivity contribution in [3.05, 3.63) is 71.3 Å². The summed E-state index contributed by atoms with van der Waals surface area (Å²) in [6.07, 6.45) is 9.77. The van der Waals surface area contributed by atoms with Crippen LogP contribution in [-0.4, -0.2) is 22.6 Å². The van der Waals surface area contributed by atoms with Crippen molar-refractivity contribution in [3.63, 3.8) is 0 Å². The van der Waals surface area contributed by atoms with Crippen molar-refractivity contribution >= 4 is 11.6 Å². The third kappa shape index (κ3) is 4.26. The number of nitrogens with zero attached hydrogens (tertiary/aromatic N) is 2. The number of aromatic nitrogens is 2. The van der Waals surface area contributed by atoms with Crippen LogP contribution in [0.4, 0.5) is 0 Å². The molecule has 2 aliphatic rings. The Bertz CT molecular complexity index is 969. The number of piperidine rings is 1. The zero-order valence-electron chi connectivity index (χ0n) is 17.2. The van der Waals surface area contributed by atoms with Crippen LogP contribution in [-0.2, 0) is 0 Å². The summed E-state index contributed by atoms with van der Waals surface area (Å²) < 4.78 is 8.30. The SMILES string of the molecule is Clc1ccc(Oc2ccc(-n3cc(C4CCNCC4)nc3C3CCCC3)cc2)cc1. The highest BCUT2D eigenvalue weighted by Crippen LogP contribution is 2.37. The molecule has 3 aromatic rings. The smallest absolute Gasteiger partial charge is 0.127 e. The van der Waals surface area contributed by atoms with E-state index in [-0.39, 0.29) is 0 Å². The minimum absolute atomic E-state index is 0.570. The van der Waals surface area contributed by atoms with Crippen molar-refractivity contribution in [3.8, 4) is 17.2 Å². The van der Waals surface area contributed by atoms with Gasteiger partial charge in [0, 0.05) is 28.7 Å². The molecule has 4 nitrogen and oxygen atoms in total. The van der Waals surface area contributed by atoms with Gasteiger partial charge in [-0.05, 0) is 87.3 Å². The number of nitrogens with one attached hydrogen (secondary N) is 1. The van der Waals surface area contributed by atoms with Crippen LogP contribution in [0.25, 0.3) is 5.69 Å². The van der Waals surface area contributed by atoms with Crippen LogP contribution in [0.1, 0.15) is 61.9 Å². The highest BCUT2D eigenvalue weighted by Gasteiger charge is 2.26. The lowest BCUT2D eigenvalue weighted by atomic mass is 9.95. The van der Waals surface area contributed by atoms with Gasteiger partial charge in [0.15, 0.2) is 0 Å². The van der Waals surface area contributed by atoms with E-state index in [2.05, 4.69) is 28.2 Å². The number of halogens is 1. The molecule has 1 aromatic heterocycles. The zero-order valence-corrected chi connectivity index (χ0v) is 17.9. The fourth-order valence-corrected chi connectivity index (χ4v) is 4.85. The third-order valence-corrected chi connectivity index (χ3v) is 6.65. The molecule has 2 fully saturated rings. The Kier molecular flexibility index (Phi) is 5.78. The highest BCUT2D eigenvalue weighted by molar-refractivity contribution is 6.30. The number of imidazole rings is 1. The molecule has 0 unspecified atom stereocenters. The molecule has 156 valence electrons. The topological polar surface area (TPSA) is 39.1 Å². The quantitative estimate of drug-likeness (QED) is 0.515. The summed E-state index contributed by atoms with van der Waals surface area (Å²) in [6.45, 7) is 2.18. The summed E-state index contributed by atoms with van der Waals surface area (Å²) in [5.41, 5.74) is 2.42. The molecule has 1 saturated heterocycles. The zero-order chi connectivity index (χ0) is 20.3. The predicted molar refractivity (Wildman–Crippen MR) is 121 cm³/mol. The van der Waals surface area contributed by atoms with Crippen molar-refractivity contribution in [2.75, 3.05) is 13.1 Å². The lowest BCUT2D eigenvalue weighted by Crippen LogP contribution is -2.26. The first-order valence-corrected chi connectivity index (χ1v) is 11.5. The maximum Gasteiger partial charge on any atom is 0.127 e. The molecule has 0 bridgehead atoms. The van der Waals surface area contributed by atoms with E-state index < -0.39 is 0 Å². The van der Waals surface area contributed by atoms with E-state index >= 15 is 0 Å². The Balaban J connectivity index is 1.41. The molecule has 0 radical (unpaired) electrons. The second-order valence-corrected chi connectivity index (χ2v) is 8.89. The monoisotopic (exact) mass is 421 g/mol. The highest BCUT2D eigenvalue weighted by atomic mass is 35.5. The average molecular weight is 422 g/mol. The Morgan fingerprint density at radius 1 is 0.833 bits per heavy atom. The van der Waals surface area contributed by atoms with E-state index in [1.807, 2.05) is 36.4 Å². The predicted octanol–water partition coefficient (Wildman–Crippen LogP) is 6.44. The van der Waals surface area contributed by atoms with E-state index in [1.54, 1.807) is 0 Å². The minimum atomic E-state index is 0.570. The molecule has 1 saturated carbocycles. The summed E-state index contributed by atoms with van der Waals surface area (Å²) in [5.74, 6) is 4.00. The molecule has 2 heterocycles. The Labute approximate surface area is 183 Å². The van der Waals surface area contributed by atoms with Gasteiger partial charge in [0.1, 0.15) is 17.3 Å². The second-order valence-electron chi connectivity index (χ2n) is 8.45. The lowest BCUT2D eigenvalue weighted by Gasteiger charge is -2.20. The number of hydrogen-bond acceptors (Lipinski definition) is 3. The van der Waals surface area contributed by atoms with Crippen LogP contribution in [0.15, 0.2) is 54.7 Å². The van der Waals surface area contributed by atoms with Crippen LogP contribution in [0.2, 0.25) is 5.02 Å². The molecular weight excluding hydrogens is 394 g/mol. The van der Waals surface area contributed by atoms with Crippen molar-refractivity contribution in [1.29, 1.82) is 0 Å². The molecule has 2 aromatic carbocycles. The van der Waals surface area contributed by atoms with Gasteiger partial charge < -0.3 is 14.6 Å². The van der Waals surface area contributed by atoms with Gasteiger partial charge in [0.2, 0.25) is 0 Å².